The van der Waals surface area contributed by atoms with E-state index >= 15 is 0 Å². The Hall–Kier alpha value is -2.15. The van der Waals surface area contributed by atoms with E-state index in [1.54, 1.807) is 24.5 Å². The largest absolute Gasteiger partial charge is 0.381 e. The molecule has 0 bridgehead atoms. The monoisotopic (exact) mass is 361 g/mol. The van der Waals surface area contributed by atoms with Crippen LogP contribution in [-0.2, 0) is 4.74 Å². The van der Waals surface area contributed by atoms with E-state index < -0.39 is 0 Å². The average Bonchev–Trinajstić information content (AvgIpc) is 2.69. The van der Waals surface area contributed by atoms with E-state index in [4.69, 9.17) is 4.74 Å². The number of guanidine groups is 1. The van der Waals surface area contributed by atoms with Crippen molar-refractivity contribution >= 4 is 11.9 Å². The van der Waals surface area contributed by atoms with Crippen LogP contribution in [0, 0.1) is 5.92 Å². The third-order valence-corrected chi connectivity index (χ3v) is 4.49. The van der Waals surface area contributed by atoms with Crippen LogP contribution in [0.25, 0.3) is 0 Å². The quantitative estimate of drug-likeness (QED) is 0.417. The van der Waals surface area contributed by atoms with Crippen molar-refractivity contribution in [2.24, 2.45) is 10.9 Å². The third-order valence-electron chi connectivity index (χ3n) is 4.49. The molecule has 0 atom stereocenters. The minimum absolute atomic E-state index is 0.119. The van der Waals surface area contributed by atoms with Crippen LogP contribution in [0.5, 0.6) is 0 Å². The minimum atomic E-state index is -0.119. The van der Waals surface area contributed by atoms with Gasteiger partial charge in [-0.05, 0) is 44.2 Å². The lowest BCUT2D eigenvalue weighted by molar-refractivity contribution is 0.0625. The SMILES string of the molecule is CCNC(=NCCNC(=O)c1cccnc1)N(C)CCC1CCOCC1. The molecular formula is C19H31N5O2. The van der Waals surface area contributed by atoms with Crippen LogP contribution < -0.4 is 10.6 Å². The fraction of sp³-hybridized carbons (Fsp3) is 0.632. The lowest BCUT2D eigenvalue weighted by atomic mass is 9.96. The van der Waals surface area contributed by atoms with Gasteiger partial charge < -0.3 is 20.3 Å². The number of rotatable bonds is 8. The van der Waals surface area contributed by atoms with E-state index in [9.17, 15) is 4.79 Å². The Kier molecular flexibility index (Phi) is 8.89. The van der Waals surface area contributed by atoms with Crippen LogP contribution in [0.15, 0.2) is 29.5 Å². The van der Waals surface area contributed by atoms with Crippen molar-refractivity contribution in [1.29, 1.82) is 0 Å². The lowest BCUT2D eigenvalue weighted by Crippen LogP contribution is -2.40. The van der Waals surface area contributed by atoms with Crippen LogP contribution in [0.4, 0.5) is 0 Å². The minimum Gasteiger partial charge on any atom is -0.381 e. The number of aromatic nitrogens is 1. The van der Waals surface area contributed by atoms with E-state index in [-0.39, 0.29) is 5.91 Å². The normalized spacial score (nSPS) is 15.5. The second-order valence-corrected chi connectivity index (χ2v) is 6.50. The van der Waals surface area contributed by atoms with Gasteiger partial charge in [0.25, 0.3) is 5.91 Å². The van der Waals surface area contributed by atoms with Crippen molar-refractivity contribution < 1.29 is 9.53 Å². The van der Waals surface area contributed by atoms with E-state index in [2.05, 4.69) is 39.5 Å². The molecule has 2 rings (SSSR count). The van der Waals surface area contributed by atoms with E-state index in [0.717, 1.165) is 57.4 Å². The Labute approximate surface area is 156 Å². The van der Waals surface area contributed by atoms with Gasteiger partial charge in [-0.2, -0.15) is 0 Å². The summed E-state index contributed by atoms with van der Waals surface area (Å²) in [5.74, 6) is 1.51. The first kappa shape index (κ1) is 20.2. The molecule has 1 aromatic rings. The Morgan fingerprint density at radius 1 is 1.38 bits per heavy atom. The highest BCUT2D eigenvalue weighted by molar-refractivity contribution is 5.93. The fourth-order valence-corrected chi connectivity index (χ4v) is 2.92. The van der Waals surface area contributed by atoms with Gasteiger partial charge in [-0.25, -0.2) is 0 Å². The first-order valence-electron chi connectivity index (χ1n) is 9.46. The van der Waals surface area contributed by atoms with Gasteiger partial charge in [0, 0.05) is 52.3 Å². The average molecular weight is 361 g/mol. The van der Waals surface area contributed by atoms with Gasteiger partial charge in [-0.1, -0.05) is 0 Å². The first-order valence-corrected chi connectivity index (χ1v) is 9.46. The predicted octanol–water partition coefficient (Wildman–Crippen LogP) is 1.53. The van der Waals surface area contributed by atoms with Gasteiger partial charge in [0.1, 0.15) is 0 Å². The van der Waals surface area contributed by atoms with Gasteiger partial charge in [0.05, 0.1) is 12.1 Å². The summed E-state index contributed by atoms with van der Waals surface area (Å²) in [7, 11) is 2.06. The van der Waals surface area contributed by atoms with Gasteiger partial charge >= 0.3 is 0 Å². The molecule has 1 saturated heterocycles. The molecule has 0 radical (unpaired) electrons. The van der Waals surface area contributed by atoms with Gasteiger partial charge in [-0.15, -0.1) is 0 Å². The molecule has 144 valence electrons. The number of nitrogens with one attached hydrogen (secondary N) is 2. The molecule has 2 heterocycles. The highest BCUT2D eigenvalue weighted by Gasteiger charge is 2.15. The van der Waals surface area contributed by atoms with Gasteiger partial charge in [0.2, 0.25) is 0 Å². The number of pyridine rings is 1. The van der Waals surface area contributed by atoms with E-state index in [0.29, 0.717) is 18.7 Å². The molecule has 7 nitrogen and oxygen atoms in total. The number of amides is 1. The van der Waals surface area contributed by atoms with Crippen molar-refractivity contribution in [3.63, 3.8) is 0 Å². The van der Waals surface area contributed by atoms with Gasteiger partial charge in [-0.3, -0.25) is 14.8 Å². The molecule has 1 aromatic heterocycles. The summed E-state index contributed by atoms with van der Waals surface area (Å²) < 4.78 is 5.42. The number of aliphatic imine (C=N–C) groups is 1. The van der Waals surface area contributed by atoms with Crippen LogP contribution in [0.3, 0.4) is 0 Å². The number of hydrogen-bond acceptors (Lipinski definition) is 4. The smallest absolute Gasteiger partial charge is 0.252 e. The molecule has 1 aliphatic heterocycles. The van der Waals surface area contributed by atoms with Crippen molar-refractivity contribution in [2.75, 3.05) is 46.4 Å². The van der Waals surface area contributed by atoms with E-state index in [1.807, 2.05) is 0 Å². The molecule has 0 spiro atoms. The summed E-state index contributed by atoms with van der Waals surface area (Å²) in [6.07, 6.45) is 6.68. The second kappa shape index (κ2) is 11.5. The zero-order chi connectivity index (χ0) is 18.6. The Bertz CT molecular complexity index is 558. The first-order chi connectivity index (χ1) is 12.7. The molecule has 0 saturated carbocycles. The number of carbonyl (C=O) groups is 1. The molecule has 1 fully saturated rings. The van der Waals surface area contributed by atoms with Gasteiger partial charge in [0.15, 0.2) is 5.96 Å². The third kappa shape index (κ3) is 7.00. The maximum Gasteiger partial charge on any atom is 0.252 e. The fourth-order valence-electron chi connectivity index (χ4n) is 2.92. The molecular weight excluding hydrogens is 330 g/mol. The Morgan fingerprint density at radius 3 is 2.88 bits per heavy atom. The van der Waals surface area contributed by atoms with Crippen LogP contribution >= 0.6 is 0 Å². The highest BCUT2D eigenvalue weighted by Crippen LogP contribution is 2.18. The maximum absolute atomic E-state index is 12.0. The number of carbonyl (C=O) groups excluding carboxylic acids is 1. The number of ether oxygens (including phenoxy) is 1. The maximum atomic E-state index is 12.0. The standard InChI is InChI=1S/C19H31N5O2/c1-3-21-19(24(2)12-6-16-7-13-26-14-8-16)23-11-10-22-18(25)17-5-4-9-20-15-17/h4-5,9,15-16H,3,6-8,10-14H2,1-2H3,(H,21,23)(H,22,25). The summed E-state index contributed by atoms with van der Waals surface area (Å²) in [4.78, 5) is 22.7. The molecule has 1 aliphatic rings. The topological polar surface area (TPSA) is 78.8 Å². The molecule has 0 aromatic carbocycles. The zero-order valence-corrected chi connectivity index (χ0v) is 15.9. The lowest BCUT2D eigenvalue weighted by Gasteiger charge is -2.26. The number of nitrogens with zero attached hydrogens (tertiary/aromatic N) is 3. The second-order valence-electron chi connectivity index (χ2n) is 6.50. The van der Waals surface area contributed by atoms with Crippen LogP contribution in [0.2, 0.25) is 0 Å². The molecule has 7 heteroatoms. The molecule has 2 N–H and O–H groups in total. The summed E-state index contributed by atoms with van der Waals surface area (Å²) >= 11 is 0. The van der Waals surface area contributed by atoms with Crippen molar-refractivity contribution in [1.82, 2.24) is 20.5 Å². The Balaban J connectivity index is 1.74. The van der Waals surface area contributed by atoms with Crippen LogP contribution in [0.1, 0.15) is 36.5 Å². The van der Waals surface area contributed by atoms with Crippen molar-refractivity contribution in [3.8, 4) is 0 Å². The molecule has 0 unspecified atom stereocenters. The van der Waals surface area contributed by atoms with Crippen molar-refractivity contribution in [2.45, 2.75) is 26.2 Å². The highest BCUT2D eigenvalue weighted by atomic mass is 16.5. The van der Waals surface area contributed by atoms with Crippen LogP contribution in [-0.4, -0.2) is 68.2 Å². The summed E-state index contributed by atoms with van der Waals surface area (Å²) in [5.41, 5.74) is 0.567. The molecule has 1 amide bonds. The van der Waals surface area contributed by atoms with Crippen molar-refractivity contribution in [3.05, 3.63) is 30.1 Å². The Morgan fingerprint density at radius 2 is 2.19 bits per heavy atom. The molecule has 0 aliphatic carbocycles. The summed E-state index contributed by atoms with van der Waals surface area (Å²) in [6, 6.07) is 3.50. The predicted molar refractivity (Wildman–Crippen MR) is 103 cm³/mol. The van der Waals surface area contributed by atoms with E-state index in [1.165, 1.54) is 0 Å². The number of hydrogen-bond donors (Lipinski definition) is 2. The summed E-state index contributed by atoms with van der Waals surface area (Å²) in [5, 5.41) is 6.19. The molecule has 26 heavy (non-hydrogen) atoms. The zero-order valence-electron chi connectivity index (χ0n) is 15.9. The summed E-state index contributed by atoms with van der Waals surface area (Å²) in [6.45, 7) is 6.66.